The second kappa shape index (κ2) is 11.9. The maximum Gasteiger partial charge on any atom is 0.242 e. The molecule has 35 heavy (non-hydrogen) atoms. The SMILES string of the molecule is CCNC(=O)[C@H](CC)N(Cc1ccccc1)C(=O)CCCN(c1ccc2c(c1)OCO2)S(C)(=O)=O. The molecule has 2 amide bonds. The number of ether oxygens (including phenoxy) is 2. The number of carbonyl (C=O) groups is 2. The summed E-state index contributed by atoms with van der Waals surface area (Å²) in [5.41, 5.74) is 1.36. The monoisotopic (exact) mass is 503 g/mol. The lowest BCUT2D eigenvalue weighted by Crippen LogP contribution is -2.49. The number of anilines is 1. The molecule has 2 aromatic rings. The quantitative estimate of drug-likeness (QED) is 0.478. The molecular formula is C25H33N3O6S. The normalized spacial score (nSPS) is 13.2. The van der Waals surface area contributed by atoms with Crippen LogP contribution >= 0.6 is 0 Å². The summed E-state index contributed by atoms with van der Waals surface area (Å²) in [6.45, 7) is 4.68. The Morgan fingerprint density at radius 2 is 1.77 bits per heavy atom. The number of nitrogens with one attached hydrogen (secondary N) is 1. The smallest absolute Gasteiger partial charge is 0.242 e. The molecule has 1 atom stereocenters. The largest absolute Gasteiger partial charge is 0.454 e. The number of benzene rings is 2. The van der Waals surface area contributed by atoms with E-state index in [-0.39, 0.29) is 38.0 Å². The van der Waals surface area contributed by atoms with E-state index in [1.165, 1.54) is 4.31 Å². The van der Waals surface area contributed by atoms with Crippen molar-refractivity contribution < 1.29 is 27.5 Å². The van der Waals surface area contributed by atoms with Crippen LogP contribution in [-0.2, 0) is 26.2 Å². The number of nitrogens with zero attached hydrogens (tertiary/aromatic N) is 2. The van der Waals surface area contributed by atoms with Gasteiger partial charge in [0.1, 0.15) is 6.04 Å². The molecule has 1 aliphatic rings. The van der Waals surface area contributed by atoms with Crippen molar-refractivity contribution >= 4 is 27.5 Å². The Balaban J connectivity index is 1.73. The van der Waals surface area contributed by atoms with Gasteiger partial charge in [-0.3, -0.25) is 13.9 Å². The Kier molecular flexibility index (Phi) is 8.97. The molecule has 190 valence electrons. The van der Waals surface area contributed by atoms with Crippen LogP contribution in [0.1, 0.15) is 38.7 Å². The van der Waals surface area contributed by atoms with E-state index in [1.807, 2.05) is 44.2 Å². The van der Waals surface area contributed by atoms with E-state index in [1.54, 1.807) is 23.1 Å². The number of amides is 2. The van der Waals surface area contributed by atoms with Gasteiger partial charge in [-0.1, -0.05) is 37.3 Å². The molecule has 0 fully saturated rings. The number of likely N-dealkylation sites (N-methyl/N-ethyl adjacent to an activating group) is 1. The van der Waals surface area contributed by atoms with Gasteiger partial charge in [0.25, 0.3) is 0 Å². The van der Waals surface area contributed by atoms with Crippen molar-refractivity contribution in [2.45, 2.75) is 45.7 Å². The van der Waals surface area contributed by atoms with Crippen molar-refractivity contribution in [2.75, 3.05) is 30.4 Å². The number of sulfonamides is 1. The summed E-state index contributed by atoms with van der Waals surface area (Å²) >= 11 is 0. The van der Waals surface area contributed by atoms with Gasteiger partial charge in [-0.15, -0.1) is 0 Å². The zero-order chi connectivity index (χ0) is 25.4. The lowest BCUT2D eigenvalue weighted by molar-refractivity contribution is -0.141. The Bertz CT molecular complexity index is 1120. The lowest BCUT2D eigenvalue weighted by Gasteiger charge is -2.31. The topological polar surface area (TPSA) is 105 Å². The standard InChI is InChI=1S/C25H33N3O6S/c1-4-21(25(30)26-5-2)27(17-19-10-7-6-8-11-19)24(29)12-9-15-28(35(3,31)32)20-13-14-22-23(16-20)34-18-33-22/h6-8,10-11,13-14,16,21H,4-5,9,12,15,17-18H2,1-3H3,(H,26,30)/t21-/m0/s1. The third-order valence-electron chi connectivity index (χ3n) is 5.73. The summed E-state index contributed by atoms with van der Waals surface area (Å²) in [7, 11) is -3.60. The van der Waals surface area contributed by atoms with Crippen LogP contribution in [0.15, 0.2) is 48.5 Å². The van der Waals surface area contributed by atoms with Gasteiger partial charge in [-0.25, -0.2) is 8.42 Å². The predicted molar refractivity (Wildman–Crippen MR) is 134 cm³/mol. The van der Waals surface area contributed by atoms with E-state index >= 15 is 0 Å². The highest BCUT2D eigenvalue weighted by atomic mass is 32.2. The Hall–Kier alpha value is -3.27. The highest BCUT2D eigenvalue weighted by Crippen LogP contribution is 2.36. The number of carbonyl (C=O) groups excluding carboxylic acids is 2. The molecular weight excluding hydrogens is 470 g/mol. The zero-order valence-electron chi connectivity index (χ0n) is 20.4. The minimum atomic E-state index is -3.60. The molecule has 2 aromatic carbocycles. The van der Waals surface area contributed by atoms with Gasteiger partial charge < -0.3 is 19.7 Å². The van der Waals surface area contributed by atoms with E-state index in [4.69, 9.17) is 9.47 Å². The second-order valence-corrected chi connectivity index (χ2v) is 10.2. The molecule has 3 rings (SSSR count). The highest BCUT2D eigenvalue weighted by Gasteiger charge is 2.28. The van der Waals surface area contributed by atoms with Gasteiger partial charge in [0.15, 0.2) is 11.5 Å². The number of hydrogen-bond donors (Lipinski definition) is 1. The van der Waals surface area contributed by atoms with E-state index in [9.17, 15) is 18.0 Å². The summed E-state index contributed by atoms with van der Waals surface area (Å²) < 4.78 is 36.9. The number of fused-ring (bicyclic) bond motifs is 1. The first-order valence-electron chi connectivity index (χ1n) is 11.7. The molecule has 10 heteroatoms. The van der Waals surface area contributed by atoms with Crippen LogP contribution < -0.4 is 19.1 Å². The van der Waals surface area contributed by atoms with Crippen molar-refractivity contribution in [2.24, 2.45) is 0 Å². The third kappa shape index (κ3) is 6.88. The summed E-state index contributed by atoms with van der Waals surface area (Å²) in [5, 5.41) is 2.81. The molecule has 1 N–H and O–H groups in total. The van der Waals surface area contributed by atoms with Gasteiger partial charge in [-0.2, -0.15) is 0 Å². The Morgan fingerprint density at radius 1 is 1.06 bits per heavy atom. The van der Waals surface area contributed by atoms with Gasteiger partial charge in [0.2, 0.25) is 28.6 Å². The molecule has 1 aliphatic heterocycles. The molecule has 0 spiro atoms. The second-order valence-electron chi connectivity index (χ2n) is 8.30. The molecule has 0 saturated heterocycles. The van der Waals surface area contributed by atoms with Gasteiger partial charge >= 0.3 is 0 Å². The number of rotatable bonds is 12. The fourth-order valence-corrected chi connectivity index (χ4v) is 4.99. The van der Waals surface area contributed by atoms with Crippen LogP contribution in [0.5, 0.6) is 11.5 Å². The summed E-state index contributed by atoms with van der Waals surface area (Å²) in [6, 6.07) is 13.8. The summed E-state index contributed by atoms with van der Waals surface area (Å²) in [6.07, 6.45) is 1.98. The molecule has 0 aliphatic carbocycles. The lowest BCUT2D eigenvalue weighted by atomic mass is 10.1. The molecule has 0 radical (unpaired) electrons. The average Bonchev–Trinajstić information content (AvgIpc) is 3.29. The van der Waals surface area contributed by atoms with Crippen LogP contribution in [0, 0.1) is 0 Å². The maximum absolute atomic E-state index is 13.3. The minimum absolute atomic E-state index is 0.0909. The Labute approximate surface area is 207 Å². The first-order chi connectivity index (χ1) is 16.7. The van der Waals surface area contributed by atoms with Crippen molar-refractivity contribution in [3.63, 3.8) is 0 Å². The molecule has 0 saturated carbocycles. The average molecular weight is 504 g/mol. The van der Waals surface area contributed by atoms with Crippen LogP contribution in [0.3, 0.4) is 0 Å². The van der Waals surface area contributed by atoms with E-state index in [0.29, 0.717) is 36.7 Å². The van der Waals surface area contributed by atoms with Crippen LogP contribution in [0.25, 0.3) is 0 Å². The molecule has 0 aromatic heterocycles. The first-order valence-corrected chi connectivity index (χ1v) is 13.6. The van der Waals surface area contributed by atoms with E-state index in [0.717, 1.165) is 11.8 Å². The van der Waals surface area contributed by atoms with Gasteiger partial charge in [0.05, 0.1) is 11.9 Å². The number of hydrogen-bond acceptors (Lipinski definition) is 6. The molecule has 9 nitrogen and oxygen atoms in total. The molecule has 1 heterocycles. The van der Waals surface area contributed by atoms with Crippen molar-refractivity contribution in [3.05, 3.63) is 54.1 Å². The van der Waals surface area contributed by atoms with Crippen molar-refractivity contribution in [3.8, 4) is 11.5 Å². The van der Waals surface area contributed by atoms with Crippen LogP contribution in [-0.4, -0.2) is 57.3 Å². The zero-order valence-corrected chi connectivity index (χ0v) is 21.2. The molecule has 0 unspecified atom stereocenters. The maximum atomic E-state index is 13.3. The van der Waals surface area contributed by atoms with Crippen LogP contribution in [0.2, 0.25) is 0 Å². The minimum Gasteiger partial charge on any atom is -0.454 e. The highest BCUT2D eigenvalue weighted by molar-refractivity contribution is 7.92. The van der Waals surface area contributed by atoms with Gasteiger partial charge in [0, 0.05) is 32.1 Å². The molecule has 0 bridgehead atoms. The summed E-state index contributed by atoms with van der Waals surface area (Å²) in [4.78, 5) is 27.6. The van der Waals surface area contributed by atoms with E-state index in [2.05, 4.69) is 5.32 Å². The van der Waals surface area contributed by atoms with Crippen molar-refractivity contribution in [1.29, 1.82) is 0 Å². The fraction of sp³-hybridized carbons (Fsp3) is 0.440. The van der Waals surface area contributed by atoms with Crippen molar-refractivity contribution in [1.82, 2.24) is 10.2 Å². The third-order valence-corrected chi connectivity index (χ3v) is 6.92. The summed E-state index contributed by atoms with van der Waals surface area (Å²) in [5.74, 6) is 0.641. The first kappa shape index (κ1) is 26.3. The van der Waals surface area contributed by atoms with E-state index < -0.39 is 16.1 Å². The van der Waals surface area contributed by atoms with Gasteiger partial charge in [-0.05, 0) is 37.5 Å². The van der Waals surface area contributed by atoms with Crippen LogP contribution in [0.4, 0.5) is 5.69 Å². The fourth-order valence-electron chi connectivity index (χ4n) is 4.04. The Morgan fingerprint density at radius 3 is 2.43 bits per heavy atom. The predicted octanol–water partition coefficient (Wildman–Crippen LogP) is 2.91.